The van der Waals surface area contributed by atoms with Gasteiger partial charge in [-0.25, -0.2) is 0 Å². The first-order chi connectivity index (χ1) is 14.4. The molecule has 0 amide bonds. The number of piperazine rings is 1. The lowest BCUT2D eigenvalue weighted by Crippen LogP contribution is -2.55. The monoisotopic (exact) mass is 386 g/mol. The summed E-state index contributed by atoms with van der Waals surface area (Å²) >= 11 is 0. The topological polar surface area (TPSA) is 24.5 Å². The van der Waals surface area contributed by atoms with Crippen LogP contribution in [0, 0.1) is 0 Å². The highest BCUT2D eigenvalue weighted by molar-refractivity contribution is 5.50. The zero-order valence-electron chi connectivity index (χ0n) is 17.2. The summed E-state index contributed by atoms with van der Waals surface area (Å²) in [5.41, 5.74) is 4.96. The van der Waals surface area contributed by atoms with Gasteiger partial charge in [-0.05, 0) is 28.7 Å². The third-order valence-electron chi connectivity index (χ3n) is 5.91. The third kappa shape index (κ3) is 3.99. The molecule has 3 nitrogen and oxygen atoms in total. The molecular weight excluding hydrogens is 356 g/mol. The van der Waals surface area contributed by atoms with Gasteiger partial charge in [0, 0.05) is 33.3 Å². The molecule has 0 saturated carbocycles. The molecule has 0 radical (unpaired) electrons. The van der Waals surface area contributed by atoms with Crippen molar-refractivity contribution in [3.63, 3.8) is 0 Å². The van der Waals surface area contributed by atoms with Gasteiger partial charge in [-0.15, -0.1) is 0 Å². The summed E-state index contributed by atoms with van der Waals surface area (Å²) in [6.45, 7) is 4.76. The zero-order chi connectivity index (χ0) is 19.9. The van der Waals surface area contributed by atoms with Crippen LogP contribution in [-0.4, -0.2) is 44.8 Å². The summed E-state index contributed by atoms with van der Waals surface area (Å²) in [5.74, 6) is 0. The minimum Gasteiger partial charge on any atom is -0.384 e. The van der Waals surface area contributed by atoms with Crippen molar-refractivity contribution in [2.45, 2.75) is 12.0 Å². The van der Waals surface area contributed by atoms with Crippen molar-refractivity contribution in [3.05, 3.63) is 107 Å². The molecule has 1 N–H and O–H groups in total. The van der Waals surface area contributed by atoms with Crippen molar-refractivity contribution in [1.29, 1.82) is 0 Å². The van der Waals surface area contributed by atoms with Gasteiger partial charge in [0.05, 0.1) is 12.1 Å². The fourth-order valence-electron chi connectivity index (χ4n) is 4.58. The van der Waals surface area contributed by atoms with E-state index in [-0.39, 0.29) is 5.54 Å². The maximum Gasteiger partial charge on any atom is 0.0973 e. The fraction of sp³-hybridized carbons (Fsp3) is 0.308. The summed E-state index contributed by atoms with van der Waals surface area (Å²) in [6, 6.07) is 31.0. The minimum atomic E-state index is -0.312. The summed E-state index contributed by atoms with van der Waals surface area (Å²) in [6.07, 6.45) is 0.922. The molecule has 3 aromatic rings. The lowest BCUT2D eigenvalue weighted by Gasteiger charge is -2.47. The Kier molecular flexibility index (Phi) is 6.40. The fourth-order valence-corrected chi connectivity index (χ4v) is 4.58. The second-order valence-electron chi connectivity index (χ2n) is 7.62. The van der Waals surface area contributed by atoms with E-state index in [2.05, 4.69) is 95.1 Å². The first kappa shape index (κ1) is 19.8. The highest BCUT2D eigenvalue weighted by Crippen LogP contribution is 2.42. The van der Waals surface area contributed by atoms with Gasteiger partial charge in [0.15, 0.2) is 0 Å². The van der Waals surface area contributed by atoms with Crippen molar-refractivity contribution in [3.8, 4) is 0 Å². The van der Waals surface area contributed by atoms with E-state index in [1.54, 1.807) is 7.11 Å². The molecule has 3 aromatic carbocycles. The van der Waals surface area contributed by atoms with Crippen LogP contribution in [0.5, 0.6) is 0 Å². The molecule has 0 aromatic heterocycles. The Morgan fingerprint density at radius 2 is 1.38 bits per heavy atom. The lowest BCUT2D eigenvalue weighted by atomic mass is 9.74. The van der Waals surface area contributed by atoms with Crippen molar-refractivity contribution in [1.82, 2.24) is 10.2 Å². The summed E-state index contributed by atoms with van der Waals surface area (Å²) in [7, 11) is 1.77. The predicted octanol–water partition coefficient (Wildman–Crippen LogP) is 4.07. The summed E-state index contributed by atoms with van der Waals surface area (Å²) < 4.78 is 5.34. The first-order valence-electron chi connectivity index (χ1n) is 10.5. The number of hydrogen-bond acceptors (Lipinski definition) is 3. The minimum absolute atomic E-state index is 0.312. The van der Waals surface area contributed by atoms with Crippen LogP contribution in [0.15, 0.2) is 84.9 Å². The molecule has 0 atom stereocenters. The van der Waals surface area contributed by atoms with Crippen molar-refractivity contribution in [2.24, 2.45) is 0 Å². The van der Waals surface area contributed by atoms with E-state index < -0.39 is 0 Å². The van der Waals surface area contributed by atoms with Gasteiger partial charge in [0.25, 0.3) is 0 Å². The van der Waals surface area contributed by atoms with E-state index in [0.29, 0.717) is 0 Å². The molecule has 1 aliphatic heterocycles. The van der Waals surface area contributed by atoms with Crippen LogP contribution < -0.4 is 5.32 Å². The number of benzene rings is 3. The van der Waals surface area contributed by atoms with E-state index in [9.17, 15) is 0 Å². The van der Waals surface area contributed by atoms with E-state index in [1.165, 1.54) is 22.3 Å². The standard InChI is InChI=1S/C26H30N2O/c1-29-20-15-22-9-8-14-25(21-22)26(23-10-4-2-5-11-23,24-12-6-3-7-13-24)28-18-16-27-17-19-28/h2-14,21,27H,15-20H2,1H3. The van der Waals surface area contributed by atoms with Gasteiger partial charge < -0.3 is 10.1 Å². The number of hydrogen-bond donors (Lipinski definition) is 1. The van der Waals surface area contributed by atoms with E-state index >= 15 is 0 Å². The highest BCUT2D eigenvalue weighted by Gasteiger charge is 2.42. The molecule has 3 heteroatoms. The maximum atomic E-state index is 5.34. The average Bonchev–Trinajstić information content (AvgIpc) is 2.81. The molecule has 0 aliphatic carbocycles. The van der Waals surface area contributed by atoms with Gasteiger partial charge in [-0.2, -0.15) is 0 Å². The molecule has 29 heavy (non-hydrogen) atoms. The van der Waals surface area contributed by atoms with E-state index in [1.807, 2.05) is 0 Å². The van der Waals surface area contributed by atoms with Crippen LogP contribution in [0.3, 0.4) is 0 Å². The normalized spacial score (nSPS) is 15.3. The Hall–Kier alpha value is -2.46. The molecule has 4 rings (SSSR count). The van der Waals surface area contributed by atoms with Crippen LogP contribution in [0.1, 0.15) is 22.3 Å². The lowest BCUT2D eigenvalue weighted by molar-refractivity contribution is 0.137. The zero-order valence-corrected chi connectivity index (χ0v) is 17.2. The number of ether oxygens (including phenoxy) is 1. The summed E-state index contributed by atoms with van der Waals surface area (Å²) in [5, 5.41) is 3.52. The second kappa shape index (κ2) is 9.36. The van der Waals surface area contributed by atoms with Gasteiger partial charge >= 0.3 is 0 Å². The largest absolute Gasteiger partial charge is 0.384 e. The van der Waals surface area contributed by atoms with Crippen LogP contribution in [0.25, 0.3) is 0 Å². The quantitative estimate of drug-likeness (QED) is 0.620. The molecule has 1 heterocycles. The van der Waals surface area contributed by atoms with Gasteiger partial charge in [-0.3, -0.25) is 4.90 Å². The molecule has 1 fully saturated rings. The van der Waals surface area contributed by atoms with E-state index in [4.69, 9.17) is 4.74 Å². The maximum absolute atomic E-state index is 5.34. The van der Waals surface area contributed by atoms with Gasteiger partial charge in [0.2, 0.25) is 0 Å². The smallest absolute Gasteiger partial charge is 0.0973 e. The van der Waals surface area contributed by atoms with Gasteiger partial charge in [0.1, 0.15) is 0 Å². The number of rotatable bonds is 7. The SMILES string of the molecule is COCCc1cccc(C(c2ccccc2)(c2ccccc2)N2CCNCC2)c1. The van der Waals surface area contributed by atoms with Crippen LogP contribution >= 0.6 is 0 Å². The molecule has 0 spiro atoms. The molecular formula is C26H30N2O. The Balaban J connectivity index is 1.95. The number of nitrogens with zero attached hydrogens (tertiary/aromatic N) is 1. The number of methoxy groups -OCH3 is 1. The molecule has 1 aliphatic rings. The highest BCUT2D eigenvalue weighted by atomic mass is 16.5. The number of nitrogens with one attached hydrogen (secondary N) is 1. The third-order valence-corrected chi connectivity index (χ3v) is 5.91. The Morgan fingerprint density at radius 3 is 1.97 bits per heavy atom. The van der Waals surface area contributed by atoms with Crippen molar-refractivity contribution in [2.75, 3.05) is 39.9 Å². The Bertz CT molecular complexity index is 849. The van der Waals surface area contributed by atoms with Crippen LogP contribution in [0.4, 0.5) is 0 Å². The average molecular weight is 387 g/mol. The van der Waals surface area contributed by atoms with Gasteiger partial charge in [-0.1, -0.05) is 84.9 Å². The molecule has 1 saturated heterocycles. The molecule has 150 valence electrons. The van der Waals surface area contributed by atoms with Crippen molar-refractivity contribution >= 4 is 0 Å². The van der Waals surface area contributed by atoms with Crippen LogP contribution in [-0.2, 0) is 16.7 Å². The molecule has 0 bridgehead atoms. The predicted molar refractivity (Wildman–Crippen MR) is 119 cm³/mol. The van der Waals surface area contributed by atoms with E-state index in [0.717, 1.165) is 39.2 Å². The summed E-state index contributed by atoms with van der Waals surface area (Å²) in [4.78, 5) is 2.64. The van der Waals surface area contributed by atoms with Crippen LogP contribution in [0.2, 0.25) is 0 Å². The second-order valence-corrected chi connectivity index (χ2v) is 7.62. The first-order valence-corrected chi connectivity index (χ1v) is 10.5. The van der Waals surface area contributed by atoms with Crippen molar-refractivity contribution < 1.29 is 4.74 Å². The Labute approximate surface area is 174 Å². The molecule has 0 unspecified atom stereocenters. The Morgan fingerprint density at radius 1 is 0.793 bits per heavy atom.